The van der Waals surface area contributed by atoms with E-state index in [4.69, 9.17) is 14.6 Å². The number of carboxylic acids is 1. The maximum absolute atomic E-state index is 12.3. The number of carboxylic acid groups (broad SMARTS) is 1. The number of carbonyl (C=O) groups is 2. The second-order valence-corrected chi connectivity index (χ2v) is 10.7. The van der Waals surface area contributed by atoms with Crippen molar-refractivity contribution in [1.82, 2.24) is 20.2 Å². The lowest BCUT2D eigenvalue weighted by Gasteiger charge is -2.36. The van der Waals surface area contributed by atoms with E-state index in [0.29, 0.717) is 35.9 Å². The van der Waals surface area contributed by atoms with Crippen LogP contribution in [-0.4, -0.2) is 54.2 Å². The molecule has 0 saturated carbocycles. The summed E-state index contributed by atoms with van der Waals surface area (Å²) in [6.45, 7) is -0.0157. The third kappa shape index (κ3) is 8.85. The number of hydrogen-bond donors (Lipinski definition) is 3. The largest absolute Gasteiger partial charge is 0.481 e. The van der Waals surface area contributed by atoms with E-state index < -0.39 is 12.3 Å². The molecule has 0 aliphatic carbocycles. The quantitative estimate of drug-likeness (QED) is 0.188. The Morgan fingerprint density at radius 3 is 2.35 bits per heavy atom. The number of aliphatic hydroxyl groups excluding tert-OH is 1. The summed E-state index contributed by atoms with van der Waals surface area (Å²) in [4.78, 5) is 22.9. The zero-order valence-corrected chi connectivity index (χ0v) is 23.3. The molecule has 3 aromatic rings. The fraction of sp³-hybridized carbons (Fsp3) is 0.464. The number of aliphatic hydroxyl groups is 1. The first-order valence-electron chi connectivity index (χ1n) is 13.4. The monoisotopic (exact) mass is 569 g/mol. The minimum absolute atomic E-state index is 0.0157. The fourth-order valence-electron chi connectivity index (χ4n) is 4.40. The van der Waals surface area contributed by atoms with Crippen LogP contribution in [0.3, 0.4) is 0 Å². The van der Waals surface area contributed by atoms with Crippen LogP contribution < -0.4 is 5.32 Å². The molecule has 1 amide bonds. The van der Waals surface area contributed by atoms with Gasteiger partial charge in [-0.2, -0.15) is 0 Å². The summed E-state index contributed by atoms with van der Waals surface area (Å²) in [6, 6.07) is 15.2. The molecule has 214 valence electrons. The molecule has 11 nitrogen and oxygen atoms in total. The van der Waals surface area contributed by atoms with Gasteiger partial charge in [0.1, 0.15) is 0 Å². The van der Waals surface area contributed by atoms with Crippen molar-refractivity contribution in [3.8, 4) is 0 Å². The van der Waals surface area contributed by atoms with Gasteiger partial charge in [-0.1, -0.05) is 61.0 Å². The van der Waals surface area contributed by atoms with Gasteiger partial charge in [0, 0.05) is 43.3 Å². The predicted molar refractivity (Wildman–Crippen MR) is 148 cm³/mol. The molecule has 0 spiro atoms. The SMILES string of the molecule is Cn1nnnc1SC[C@@H]1C[C@H](c2ccc(CO)cc2)O[C@H](c2ccc(NC(=O)CCCCCCC(=O)O)cc2)O1. The average molecular weight is 570 g/mol. The predicted octanol–water partition coefficient (Wildman–Crippen LogP) is 4.40. The van der Waals surface area contributed by atoms with Crippen molar-refractivity contribution in [2.45, 2.75) is 75.2 Å². The number of anilines is 1. The Hall–Kier alpha value is -3.32. The number of thioether (sulfide) groups is 1. The number of nitrogens with one attached hydrogen (secondary N) is 1. The molecule has 40 heavy (non-hydrogen) atoms. The third-order valence-electron chi connectivity index (χ3n) is 6.61. The van der Waals surface area contributed by atoms with Crippen molar-refractivity contribution >= 4 is 29.3 Å². The maximum atomic E-state index is 12.3. The van der Waals surface area contributed by atoms with Gasteiger partial charge >= 0.3 is 5.97 Å². The summed E-state index contributed by atoms with van der Waals surface area (Å²) in [7, 11) is 1.80. The molecule has 3 N–H and O–H groups in total. The Bertz CT molecular complexity index is 1240. The van der Waals surface area contributed by atoms with E-state index in [1.54, 1.807) is 11.7 Å². The first-order valence-corrected chi connectivity index (χ1v) is 14.4. The van der Waals surface area contributed by atoms with Crippen LogP contribution in [0.15, 0.2) is 53.7 Å². The fourth-order valence-corrected chi connectivity index (χ4v) is 5.26. The zero-order valence-electron chi connectivity index (χ0n) is 22.4. The molecule has 1 fully saturated rings. The minimum atomic E-state index is -0.786. The van der Waals surface area contributed by atoms with Gasteiger partial charge < -0.3 is 25.0 Å². The lowest BCUT2D eigenvalue weighted by Crippen LogP contribution is -2.31. The maximum Gasteiger partial charge on any atom is 0.303 e. The number of aromatic nitrogens is 4. The average Bonchev–Trinajstić information content (AvgIpc) is 3.38. The smallest absolute Gasteiger partial charge is 0.303 e. The van der Waals surface area contributed by atoms with Crippen LogP contribution in [0.25, 0.3) is 0 Å². The number of unbranched alkanes of at least 4 members (excludes halogenated alkanes) is 3. The number of ether oxygens (including phenoxy) is 2. The van der Waals surface area contributed by atoms with E-state index in [9.17, 15) is 14.7 Å². The molecule has 3 atom stereocenters. The van der Waals surface area contributed by atoms with Crippen LogP contribution in [0.1, 0.15) is 74.0 Å². The lowest BCUT2D eigenvalue weighted by molar-refractivity contribution is -0.245. The van der Waals surface area contributed by atoms with Crippen molar-refractivity contribution in [3.63, 3.8) is 0 Å². The highest BCUT2D eigenvalue weighted by atomic mass is 32.2. The normalized spacial score (nSPS) is 18.9. The Morgan fingerprint density at radius 1 is 1.00 bits per heavy atom. The van der Waals surface area contributed by atoms with Gasteiger partial charge in [0.2, 0.25) is 11.1 Å². The van der Waals surface area contributed by atoms with E-state index in [1.807, 2.05) is 48.5 Å². The number of amides is 1. The molecule has 0 radical (unpaired) electrons. The summed E-state index contributed by atoms with van der Waals surface area (Å²) in [6.07, 6.45) is 3.26. The molecule has 0 bridgehead atoms. The Labute approximate surface area is 237 Å². The number of tetrazole rings is 1. The second kappa shape index (κ2) is 14.9. The first kappa shape index (κ1) is 29.7. The lowest BCUT2D eigenvalue weighted by atomic mass is 10.0. The van der Waals surface area contributed by atoms with E-state index in [-0.39, 0.29) is 31.1 Å². The molecule has 12 heteroatoms. The molecule has 1 aliphatic rings. The van der Waals surface area contributed by atoms with Crippen LogP contribution in [0.2, 0.25) is 0 Å². The Balaban J connectivity index is 1.35. The molecule has 1 aliphatic heterocycles. The van der Waals surface area contributed by atoms with Gasteiger partial charge in [0.05, 0.1) is 18.8 Å². The number of rotatable bonds is 14. The minimum Gasteiger partial charge on any atom is -0.481 e. The number of aryl methyl sites for hydroxylation is 1. The standard InChI is InChI=1S/C28H35N5O6S/c1-33-28(30-31-32-33)40-18-23-16-24(20-10-8-19(17-34)9-11-20)39-27(38-23)21-12-14-22(15-13-21)29-25(35)6-4-2-3-5-7-26(36)37/h8-15,23-24,27,34H,2-7,16-18H2,1H3,(H,29,35)(H,36,37)/t23-,24+,27+/m0/s1. The first-order chi connectivity index (χ1) is 19.4. The number of aliphatic carboxylic acids is 1. The molecule has 1 saturated heterocycles. The molecule has 2 heterocycles. The summed E-state index contributed by atoms with van der Waals surface area (Å²) in [5.74, 6) is -0.215. The van der Waals surface area contributed by atoms with Crippen molar-refractivity contribution in [2.24, 2.45) is 7.05 Å². The topological polar surface area (TPSA) is 149 Å². The number of hydrogen-bond acceptors (Lipinski definition) is 9. The summed E-state index contributed by atoms with van der Waals surface area (Å²) in [5, 5.41) is 33.3. The van der Waals surface area contributed by atoms with Crippen LogP contribution in [-0.2, 0) is 32.7 Å². The van der Waals surface area contributed by atoms with Gasteiger partial charge in [-0.3, -0.25) is 9.59 Å². The van der Waals surface area contributed by atoms with E-state index in [2.05, 4.69) is 20.8 Å². The van der Waals surface area contributed by atoms with Crippen LogP contribution >= 0.6 is 11.8 Å². The summed E-state index contributed by atoms with van der Waals surface area (Å²) in [5.41, 5.74) is 3.37. The highest BCUT2D eigenvalue weighted by Gasteiger charge is 2.32. The molecular weight excluding hydrogens is 534 g/mol. The van der Waals surface area contributed by atoms with Crippen LogP contribution in [0, 0.1) is 0 Å². The summed E-state index contributed by atoms with van der Waals surface area (Å²) >= 11 is 1.52. The van der Waals surface area contributed by atoms with Gasteiger partial charge in [-0.15, -0.1) is 5.10 Å². The Morgan fingerprint density at radius 2 is 1.70 bits per heavy atom. The Kier molecular flexibility index (Phi) is 11.0. The van der Waals surface area contributed by atoms with Crippen molar-refractivity contribution in [3.05, 3.63) is 65.2 Å². The number of benzene rings is 2. The summed E-state index contributed by atoms with van der Waals surface area (Å²) < 4.78 is 14.3. The molecule has 4 rings (SSSR count). The molecule has 1 aromatic heterocycles. The van der Waals surface area contributed by atoms with Crippen LogP contribution in [0.4, 0.5) is 5.69 Å². The zero-order chi connectivity index (χ0) is 28.3. The van der Waals surface area contributed by atoms with E-state index in [1.165, 1.54) is 11.8 Å². The second-order valence-electron chi connectivity index (χ2n) is 9.72. The highest BCUT2D eigenvalue weighted by molar-refractivity contribution is 7.99. The van der Waals surface area contributed by atoms with E-state index in [0.717, 1.165) is 36.0 Å². The van der Waals surface area contributed by atoms with E-state index >= 15 is 0 Å². The molecule has 0 unspecified atom stereocenters. The molecular formula is C28H35N5O6S. The van der Waals surface area contributed by atoms with Gasteiger partial charge in [-0.25, -0.2) is 4.68 Å². The van der Waals surface area contributed by atoms with Gasteiger partial charge in [0.25, 0.3) is 0 Å². The molecule has 2 aromatic carbocycles. The van der Waals surface area contributed by atoms with Crippen molar-refractivity contribution in [2.75, 3.05) is 11.1 Å². The van der Waals surface area contributed by atoms with Crippen molar-refractivity contribution < 1.29 is 29.3 Å². The van der Waals surface area contributed by atoms with Crippen molar-refractivity contribution in [1.29, 1.82) is 0 Å². The highest BCUT2D eigenvalue weighted by Crippen LogP contribution is 2.39. The number of nitrogens with zero attached hydrogens (tertiary/aromatic N) is 4. The van der Waals surface area contributed by atoms with Gasteiger partial charge in [0.15, 0.2) is 6.29 Å². The third-order valence-corrected chi connectivity index (χ3v) is 7.75. The van der Waals surface area contributed by atoms with Gasteiger partial charge in [-0.05, 0) is 46.5 Å². The number of carbonyl (C=O) groups excluding carboxylic acids is 1. The van der Waals surface area contributed by atoms with Crippen LogP contribution in [0.5, 0.6) is 0 Å².